The van der Waals surface area contributed by atoms with Crippen LogP contribution in [0.15, 0.2) is 72.8 Å². The number of aryl methyl sites for hydroxylation is 1. The number of rotatable bonds is 8. The van der Waals surface area contributed by atoms with Gasteiger partial charge < -0.3 is 14.7 Å². The minimum Gasteiger partial charge on any atom is -0.488 e. The van der Waals surface area contributed by atoms with Crippen molar-refractivity contribution in [3.63, 3.8) is 0 Å². The number of amides is 1. The molecule has 2 N–H and O–H groups in total. The lowest BCUT2D eigenvalue weighted by atomic mass is 9.90. The summed E-state index contributed by atoms with van der Waals surface area (Å²) >= 11 is 0. The van der Waals surface area contributed by atoms with Gasteiger partial charge in [0.1, 0.15) is 24.4 Å². The fourth-order valence-electron chi connectivity index (χ4n) is 5.59. The predicted octanol–water partition coefficient (Wildman–Crippen LogP) is 5.19. The van der Waals surface area contributed by atoms with E-state index in [-0.39, 0.29) is 24.9 Å². The lowest BCUT2D eigenvalue weighted by molar-refractivity contribution is -0.152. The molecular weight excluding hydrogens is 464 g/mol. The van der Waals surface area contributed by atoms with E-state index in [2.05, 4.69) is 5.32 Å². The number of carboxylic acid groups (broad SMARTS) is 1. The zero-order chi connectivity index (χ0) is 25.8. The fraction of sp³-hybridized carbons (Fsp3) is 0.355. The Balaban J connectivity index is 1.44. The number of nitrogens with one attached hydrogen (secondary N) is 1. The summed E-state index contributed by atoms with van der Waals surface area (Å²) in [5.74, 6) is -0.464. The number of fused-ring (bicyclic) bond motifs is 1. The van der Waals surface area contributed by atoms with Gasteiger partial charge in [0.15, 0.2) is 0 Å². The smallest absolute Gasteiger partial charge is 0.326 e. The van der Waals surface area contributed by atoms with Crippen molar-refractivity contribution < 1.29 is 19.4 Å². The molecule has 1 aliphatic carbocycles. The van der Waals surface area contributed by atoms with Gasteiger partial charge in [0.05, 0.1) is 0 Å². The average Bonchev–Trinajstić information content (AvgIpc) is 3.44. The van der Waals surface area contributed by atoms with E-state index in [4.69, 9.17) is 4.74 Å². The Kier molecular flexibility index (Phi) is 7.56. The Morgan fingerprint density at radius 3 is 2.35 bits per heavy atom. The highest BCUT2D eigenvalue weighted by molar-refractivity contribution is 5.89. The minimum atomic E-state index is -0.998. The molecule has 3 aromatic rings. The van der Waals surface area contributed by atoms with Crippen LogP contribution in [0.2, 0.25) is 0 Å². The highest BCUT2D eigenvalue weighted by Gasteiger charge is 2.40. The van der Waals surface area contributed by atoms with E-state index in [1.807, 2.05) is 79.7 Å². The maximum absolute atomic E-state index is 14.0. The number of nitrogens with zero attached hydrogens (tertiary/aromatic N) is 1. The normalized spacial score (nSPS) is 18.3. The van der Waals surface area contributed by atoms with Crippen LogP contribution in [0.4, 0.5) is 0 Å². The summed E-state index contributed by atoms with van der Waals surface area (Å²) in [6, 6.07) is 22.3. The van der Waals surface area contributed by atoms with Crippen LogP contribution in [0.3, 0.4) is 0 Å². The molecule has 6 nitrogen and oxygen atoms in total. The van der Waals surface area contributed by atoms with Gasteiger partial charge in [-0.2, -0.15) is 0 Å². The third-order valence-electron chi connectivity index (χ3n) is 7.60. The van der Waals surface area contributed by atoms with Gasteiger partial charge in [-0.15, -0.1) is 0 Å². The predicted molar refractivity (Wildman–Crippen MR) is 142 cm³/mol. The van der Waals surface area contributed by atoms with E-state index < -0.39 is 18.1 Å². The molecule has 192 valence electrons. The second-order valence-corrected chi connectivity index (χ2v) is 10.1. The molecule has 6 heteroatoms. The zero-order valence-corrected chi connectivity index (χ0v) is 21.2. The van der Waals surface area contributed by atoms with Crippen molar-refractivity contribution in [2.24, 2.45) is 0 Å². The van der Waals surface area contributed by atoms with Gasteiger partial charge in [0.25, 0.3) is 0 Å². The van der Waals surface area contributed by atoms with E-state index in [1.165, 1.54) is 0 Å². The fourth-order valence-corrected chi connectivity index (χ4v) is 5.59. The molecule has 1 heterocycles. The Labute approximate surface area is 218 Å². The quantitative estimate of drug-likeness (QED) is 0.447. The summed E-state index contributed by atoms with van der Waals surface area (Å²) in [5, 5.41) is 13.8. The van der Waals surface area contributed by atoms with Gasteiger partial charge in [-0.1, -0.05) is 85.6 Å². The van der Waals surface area contributed by atoms with Crippen LogP contribution in [-0.2, 0) is 29.2 Å². The van der Waals surface area contributed by atoms with Crippen LogP contribution in [0, 0.1) is 6.92 Å². The Morgan fingerprint density at radius 2 is 1.68 bits per heavy atom. The number of aliphatic carboxylic acids is 1. The zero-order valence-electron chi connectivity index (χ0n) is 21.2. The standard InChI is InChI=1S/C31H34N2O4/c1-21-16-17-24-19-33(30(34)28(23-12-6-3-7-13-23)32-25-14-8-9-15-25)27(31(35)36)18-26(24)29(21)37-20-22-10-4-2-5-11-22/h2-7,10-13,16-17,25,27-28,32H,8-9,14-15,18-20H2,1H3,(H,35,36). The van der Waals surface area contributed by atoms with Crippen molar-refractivity contribution in [1.82, 2.24) is 10.2 Å². The highest BCUT2D eigenvalue weighted by atomic mass is 16.5. The lowest BCUT2D eigenvalue weighted by Gasteiger charge is -2.38. The molecule has 0 spiro atoms. The first-order valence-corrected chi connectivity index (χ1v) is 13.1. The van der Waals surface area contributed by atoms with Crippen molar-refractivity contribution in [2.75, 3.05) is 0 Å². The number of ether oxygens (including phenoxy) is 1. The van der Waals surface area contributed by atoms with Crippen LogP contribution in [0.1, 0.15) is 59.5 Å². The van der Waals surface area contributed by atoms with Crippen molar-refractivity contribution in [3.05, 3.63) is 101 Å². The number of hydrogen-bond donors (Lipinski definition) is 2. The lowest BCUT2D eigenvalue weighted by Crippen LogP contribution is -2.53. The van der Waals surface area contributed by atoms with Crippen molar-refractivity contribution in [1.29, 1.82) is 0 Å². The van der Waals surface area contributed by atoms with E-state index in [1.54, 1.807) is 4.90 Å². The van der Waals surface area contributed by atoms with Gasteiger partial charge >= 0.3 is 5.97 Å². The molecule has 0 aromatic heterocycles. The molecule has 2 aliphatic rings. The molecule has 3 aromatic carbocycles. The SMILES string of the molecule is Cc1ccc2c(c1OCc1ccccc1)CC(C(=O)O)N(C(=O)C(NC1CCCC1)c1ccccc1)C2. The third-order valence-corrected chi connectivity index (χ3v) is 7.60. The molecule has 1 aliphatic heterocycles. The van der Waals surface area contributed by atoms with Gasteiger partial charge in [-0.05, 0) is 42.0 Å². The van der Waals surface area contributed by atoms with E-state index in [0.717, 1.165) is 59.3 Å². The monoisotopic (exact) mass is 498 g/mol. The maximum Gasteiger partial charge on any atom is 0.326 e. The van der Waals surface area contributed by atoms with Gasteiger partial charge in [0.2, 0.25) is 5.91 Å². The largest absolute Gasteiger partial charge is 0.488 e. The second kappa shape index (κ2) is 11.2. The number of carbonyl (C=O) groups is 2. The number of hydrogen-bond acceptors (Lipinski definition) is 4. The summed E-state index contributed by atoms with van der Waals surface area (Å²) in [6.45, 7) is 2.62. The van der Waals surface area contributed by atoms with Crippen LogP contribution in [-0.4, -0.2) is 34.0 Å². The number of carbonyl (C=O) groups excluding carboxylic acids is 1. The molecule has 1 amide bonds. The van der Waals surface area contributed by atoms with E-state index in [0.29, 0.717) is 6.61 Å². The van der Waals surface area contributed by atoms with Crippen LogP contribution in [0.25, 0.3) is 0 Å². The summed E-state index contributed by atoms with van der Waals surface area (Å²) in [4.78, 5) is 28.1. The summed E-state index contributed by atoms with van der Waals surface area (Å²) in [5.41, 5.74) is 4.69. The Morgan fingerprint density at radius 1 is 1.00 bits per heavy atom. The molecule has 2 unspecified atom stereocenters. The van der Waals surface area contributed by atoms with Gasteiger partial charge in [-0.3, -0.25) is 10.1 Å². The Bertz CT molecular complexity index is 1240. The highest BCUT2D eigenvalue weighted by Crippen LogP contribution is 2.36. The molecule has 0 saturated heterocycles. The summed E-state index contributed by atoms with van der Waals surface area (Å²) in [7, 11) is 0. The van der Waals surface area contributed by atoms with Gasteiger partial charge in [-0.25, -0.2) is 4.79 Å². The van der Waals surface area contributed by atoms with Crippen LogP contribution < -0.4 is 10.1 Å². The molecule has 37 heavy (non-hydrogen) atoms. The summed E-state index contributed by atoms with van der Waals surface area (Å²) in [6.07, 6.45) is 4.57. The molecular formula is C31H34N2O4. The van der Waals surface area contributed by atoms with Crippen LogP contribution >= 0.6 is 0 Å². The minimum absolute atomic E-state index is 0.191. The van der Waals surface area contributed by atoms with Crippen molar-refractivity contribution in [3.8, 4) is 5.75 Å². The number of benzene rings is 3. The first-order chi connectivity index (χ1) is 18.0. The molecule has 0 radical (unpaired) electrons. The van der Waals surface area contributed by atoms with E-state index >= 15 is 0 Å². The molecule has 0 bridgehead atoms. The summed E-state index contributed by atoms with van der Waals surface area (Å²) < 4.78 is 6.24. The van der Waals surface area contributed by atoms with Gasteiger partial charge in [0, 0.05) is 24.6 Å². The number of carboxylic acids is 1. The second-order valence-electron chi connectivity index (χ2n) is 10.1. The Hall–Kier alpha value is -3.64. The first kappa shape index (κ1) is 25.0. The van der Waals surface area contributed by atoms with Crippen LogP contribution in [0.5, 0.6) is 5.75 Å². The topological polar surface area (TPSA) is 78.9 Å². The molecule has 1 saturated carbocycles. The van der Waals surface area contributed by atoms with Crippen molar-refractivity contribution in [2.45, 2.75) is 70.3 Å². The molecule has 1 fully saturated rings. The average molecular weight is 499 g/mol. The third kappa shape index (κ3) is 5.54. The van der Waals surface area contributed by atoms with E-state index in [9.17, 15) is 14.7 Å². The first-order valence-electron chi connectivity index (χ1n) is 13.1. The van der Waals surface area contributed by atoms with Crippen molar-refractivity contribution >= 4 is 11.9 Å². The molecule has 2 atom stereocenters. The molecule has 5 rings (SSSR count). The maximum atomic E-state index is 14.0.